The van der Waals surface area contributed by atoms with Gasteiger partial charge in [0.05, 0.1) is 17.5 Å². The topological polar surface area (TPSA) is 98.3 Å². The molecule has 3 N–H and O–H groups in total. The standard InChI is InChI=1S/C14H19F3N4O3/c1-7(3-9-4-8(2)19-20-9)18-13(24)21-5-10(12(22)23)11(6-21)14(15,16)17/h4,7,10-11H,3,5-6H2,1-2H3,(H,18,24)(H,19,20)(H,22,23)/t7?,10-,11-/m1/s1. The number of nitrogens with zero attached hydrogens (tertiary/aromatic N) is 2. The van der Waals surface area contributed by atoms with Gasteiger partial charge in [0.1, 0.15) is 0 Å². The van der Waals surface area contributed by atoms with Crippen LogP contribution < -0.4 is 5.32 Å². The fourth-order valence-electron chi connectivity index (χ4n) is 2.80. The highest BCUT2D eigenvalue weighted by molar-refractivity contribution is 5.78. The Hall–Kier alpha value is -2.26. The van der Waals surface area contributed by atoms with Crippen LogP contribution in [0, 0.1) is 18.8 Å². The number of aliphatic carboxylic acids is 1. The number of nitrogens with one attached hydrogen (secondary N) is 2. The highest BCUT2D eigenvalue weighted by atomic mass is 19.4. The van der Waals surface area contributed by atoms with E-state index in [2.05, 4.69) is 15.5 Å². The third-order valence-corrected chi connectivity index (χ3v) is 3.99. The van der Waals surface area contributed by atoms with E-state index in [1.165, 1.54) is 0 Å². The summed E-state index contributed by atoms with van der Waals surface area (Å²) in [5.41, 5.74) is 1.58. The molecule has 2 rings (SSSR count). The van der Waals surface area contributed by atoms with Gasteiger partial charge in [0.2, 0.25) is 0 Å². The predicted octanol–water partition coefficient (Wildman–Crippen LogP) is 1.55. The molecule has 0 aromatic carbocycles. The van der Waals surface area contributed by atoms with Crippen molar-refractivity contribution < 1.29 is 27.9 Å². The van der Waals surface area contributed by atoms with Crippen molar-refractivity contribution in [1.29, 1.82) is 0 Å². The van der Waals surface area contributed by atoms with E-state index in [1.54, 1.807) is 13.0 Å². The summed E-state index contributed by atoms with van der Waals surface area (Å²) in [6.07, 6.45) is -4.24. The maximum Gasteiger partial charge on any atom is 0.394 e. The molecule has 134 valence electrons. The Balaban J connectivity index is 1.96. The van der Waals surface area contributed by atoms with E-state index in [4.69, 9.17) is 5.11 Å². The summed E-state index contributed by atoms with van der Waals surface area (Å²) >= 11 is 0. The van der Waals surface area contributed by atoms with Gasteiger partial charge >= 0.3 is 18.2 Å². The van der Waals surface area contributed by atoms with Crippen LogP contribution in [0.1, 0.15) is 18.3 Å². The van der Waals surface area contributed by atoms with Crippen molar-refractivity contribution in [1.82, 2.24) is 20.4 Å². The molecule has 2 amide bonds. The SMILES string of the molecule is Cc1cc(CC(C)NC(=O)N2C[C@@H](C(F)(F)F)[C@H](C(=O)O)C2)n[nH]1. The molecule has 3 atom stereocenters. The number of carbonyl (C=O) groups excluding carboxylic acids is 1. The zero-order valence-corrected chi connectivity index (χ0v) is 13.2. The smallest absolute Gasteiger partial charge is 0.394 e. The maximum atomic E-state index is 12.9. The molecule has 1 fully saturated rings. The van der Waals surface area contributed by atoms with Crippen molar-refractivity contribution >= 4 is 12.0 Å². The third-order valence-electron chi connectivity index (χ3n) is 3.99. The third kappa shape index (κ3) is 4.18. The van der Waals surface area contributed by atoms with Crippen LogP contribution in [0.25, 0.3) is 0 Å². The molecule has 10 heteroatoms. The number of carbonyl (C=O) groups is 2. The number of aryl methyl sites for hydroxylation is 1. The molecule has 0 radical (unpaired) electrons. The number of hydrogen-bond donors (Lipinski definition) is 3. The summed E-state index contributed by atoms with van der Waals surface area (Å²) in [5, 5.41) is 18.3. The normalized spacial score (nSPS) is 22.5. The van der Waals surface area contributed by atoms with Crippen molar-refractivity contribution in [2.24, 2.45) is 11.8 Å². The van der Waals surface area contributed by atoms with Gasteiger partial charge in [-0.1, -0.05) is 0 Å². The van der Waals surface area contributed by atoms with E-state index in [9.17, 15) is 22.8 Å². The van der Waals surface area contributed by atoms with Gasteiger partial charge in [-0.15, -0.1) is 0 Å². The summed E-state index contributed by atoms with van der Waals surface area (Å²) in [7, 11) is 0. The van der Waals surface area contributed by atoms with Gasteiger partial charge in [-0.3, -0.25) is 9.89 Å². The molecule has 2 heterocycles. The first-order valence-electron chi connectivity index (χ1n) is 7.43. The van der Waals surface area contributed by atoms with Gasteiger partial charge in [0.25, 0.3) is 0 Å². The van der Waals surface area contributed by atoms with Crippen LogP contribution in [0.4, 0.5) is 18.0 Å². The second-order valence-corrected chi connectivity index (χ2v) is 6.09. The van der Waals surface area contributed by atoms with Crippen molar-refractivity contribution in [2.75, 3.05) is 13.1 Å². The average Bonchev–Trinajstić information content (AvgIpc) is 3.04. The number of carboxylic acid groups (broad SMARTS) is 1. The number of carboxylic acids is 1. The molecule has 0 bridgehead atoms. The van der Waals surface area contributed by atoms with Gasteiger partial charge in [-0.2, -0.15) is 18.3 Å². The zero-order chi connectivity index (χ0) is 18.1. The lowest BCUT2D eigenvalue weighted by molar-refractivity contribution is -0.187. The maximum absolute atomic E-state index is 12.9. The largest absolute Gasteiger partial charge is 0.481 e. The second kappa shape index (κ2) is 6.70. The van der Waals surface area contributed by atoms with Crippen LogP contribution in [0.5, 0.6) is 0 Å². The van der Waals surface area contributed by atoms with Gasteiger partial charge < -0.3 is 15.3 Å². The van der Waals surface area contributed by atoms with Gasteiger partial charge in [-0.05, 0) is 19.9 Å². The number of likely N-dealkylation sites (tertiary alicyclic amines) is 1. The number of amides is 2. The molecule has 7 nitrogen and oxygen atoms in total. The van der Waals surface area contributed by atoms with Crippen LogP contribution in [0.3, 0.4) is 0 Å². The number of H-pyrrole nitrogens is 1. The van der Waals surface area contributed by atoms with E-state index in [0.29, 0.717) is 6.42 Å². The summed E-state index contributed by atoms with van der Waals surface area (Å²) in [6, 6.07) is 0.750. The van der Waals surface area contributed by atoms with Gasteiger partial charge in [0.15, 0.2) is 0 Å². The van der Waals surface area contributed by atoms with Crippen LogP contribution >= 0.6 is 0 Å². The number of hydrogen-bond acceptors (Lipinski definition) is 3. The Bertz CT molecular complexity index is 617. The number of rotatable bonds is 4. The summed E-state index contributed by atoms with van der Waals surface area (Å²) in [4.78, 5) is 24.0. The zero-order valence-electron chi connectivity index (χ0n) is 13.2. The van der Waals surface area contributed by atoms with E-state index in [1.807, 2.05) is 6.92 Å². The Labute approximate surface area is 136 Å². The molecule has 1 aromatic rings. The first kappa shape index (κ1) is 18.1. The average molecular weight is 348 g/mol. The highest BCUT2D eigenvalue weighted by Crippen LogP contribution is 2.37. The van der Waals surface area contributed by atoms with E-state index in [-0.39, 0.29) is 6.04 Å². The quantitative estimate of drug-likeness (QED) is 0.769. The Morgan fingerprint density at radius 1 is 1.50 bits per heavy atom. The molecule has 1 aromatic heterocycles. The minimum Gasteiger partial charge on any atom is -0.481 e. The lowest BCUT2D eigenvalue weighted by Gasteiger charge is -2.21. The number of aromatic amines is 1. The minimum atomic E-state index is -4.66. The number of halogens is 3. The number of urea groups is 1. The van der Waals surface area contributed by atoms with Crippen molar-refractivity contribution in [3.8, 4) is 0 Å². The molecule has 24 heavy (non-hydrogen) atoms. The molecule has 0 aliphatic carbocycles. The predicted molar refractivity (Wildman–Crippen MR) is 77.3 cm³/mol. The summed E-state index contributed by atoms with van der Waals surface area (Å²) in [5.74, 6) is -5.24. The van der Waals surface area contributed by atoms with E-state index >= 15 is 0 Å². The second-order valence-electron chi connectivity index (χ2n) is 6.09. The van der Waals surface area contributed by atoms with E-state index < -0.39 is 43.1 Å². The Kier molecular flexibility index (Phi) is 5.05. The fourth-order valence-corrected chi connectivity index (χ4v) is 2.80. The van der Waals surface area contributed by atoms with Crippen LogP contribution in [-0.4, -0.2) is 57.5 Å². The monoisotopic (exact) mass is 348 g/mol. The molecule has 1 aliphatic rings. The lowest BCUT2D eigenvalue weighted by Crippen LogP contribution is -2.44. The van der Waals surface area contributed by atoms with Crippen LogP contribution in [-0.2, 0) is 11.2 Å². The summed E-state index contributed by atoms with van der Waals surface area (Å²) in [6.45, 7) is 2.42. The van der Waals surface area contributed by atoms with Gasteiger partial charge in [0, 0.05) is 31.2 Å². The van der Waals surface area contributed by atoms with Gasteiger partial charge in [-0.25, -0.2) is 4.79 Å². The first-order valence-corrected chi connectivity index (χ1v) is 7.43. The molecule has 1 saturated heterocycles. The lowest BCUT2D eigenvalue weighted by atomic mass is 9.96. The first-order chi connectivity index (χ1) is 11.1. The van der Waals surface area contributed by atoms with Crippen molar-refractivity contribution in [3.05, 3.63) is 17.5 Å². The Morgan fingerprint density at radius 2 is 2.17 bits per heavy atom. The number of aromatic nitrogens is 2. The van der Waals surface area contributed by atoms with Crippen LogP contribution in [0.2, 0.25) is 0 Å². The van der Waals surface area contributed by atoms with Crippen molar-refractivity contribution in [3.63, 3.8) is 0 Å². The molecule has 1 unspecified atom stereocenters. The van der Waals surface area contributed by atoms with Crippen LogP contribution in [0.15, 0.2) is 6.07 Å². The Morgan fingerprint density at radius 3 is 2.62 bits per heavy atom. The molecule has 1 aliphatic heterocycles. The fraction of sp³-hybridized carbons (Fsp3) is 0.643. The summed E-state index contributed by atoms with van der Waals surface area (Å²) < 4.78 is 38.8. The minimum absolute atomic E-state index is 0.353. The molecular weight excluding hydrogens is 329 g/mol. The van der Waals surface area contributed by atoms with E-state index in [0.717, 1.165) is 16.3 Å². The number of alkyl halides is 3. The van der Waals surface area contributed by atoms with Crippen molar-refractivity contribution in [2.45, 2.75) is 32.5 Å². The molecule has 0 spiro atoms. The molecular formula is C14H19F3N4O3. The highest BCUT2D eigenvalue weighted by Gasteiger charge is 2.53. The molecule has 0 saturated carbocycles.